The van der Waals surface area contributed by atoms with Gasteiger partial charge in [0.15, 0.2) is 0 Å². The number of halogens is 4. The minimum absolute atomic E-state index is 0.332. The van der Waals surface area contributed by atoms with Crippen molar-refractivity contribution in [2.75, 3.05) is 12.3 Å². The van der Waals surface area contributed by atoms with Gasteiger partial charge in [0.2, 0.25) is 0 Å². The highest BCUT2D eigenvalue weighted by Crippen LogP contribution is 2.14. The van der Waals surface area contributed by atoms with Gasteiger partial charge in [-0.1, -0.05) is 0 Å². The fourth-order valence-electron chi connectivity index (χ4n) is 0.907. The highest BCUT2D eigenvalue weighted by molar-refractivity contribution is 5.98. The number of carbonyl (C=O) groups excluding carboxylic acids is 1. The molecule has 3 N–H and O–H groups in total. The molecule has 0 unspecified atom stereocenters. The Bertz CT molecular complexity index is 405. The summed E-state index contributed by atoms with van der Waals surface area (Å²) in [6.07, 6.45) is -3.78. The first-order valence-corrected chi connectivity index (χ1v) is 4.05. The molecule has 0 spiro atoms. The van der Waals surface area contributed by atoms with E-state index in [2.05, 4.69) is 4.98 Å². The maximum Gasteiger partial charge on any atom is 0.405 e. The normalized spacial score (nSPS) is 11.2. The van der Waals surface area contributed by atoms with Crippen molar-refractivity contribution >= 4 is 11.7 Å². The molecule has 0 atom stereocenters. The lowest BCUT2D eigenvalue weighted by Crippen LogP contribution is -2.34. The molecule has 8 heteroatoms. The van der Waals surface area contributed by atoms with Crippen molar-refractivity contribution in [2.45, 2.75) is 6.18 Å². The summed E-state index contributed by atoms with van der Waals surface area (Å²) in [5.74, 6) is -2.31. The molecule has 0 aliphatic rings. The third-order valence-electron chi connectivity index (χ3n) is 1.58. The number of carbonyl (C=O) groups is 1. The minimum Gasteiger partial charge on any atom is -0.383 e. The first-order chi connectivity index (χ1) is 7.29. The zero-order valence-electron chi connectivity index (χ0n) is 7.81. The van der Waals surface area contributed by atoms with Crippen molar-refractivity contribution in [1.29, 1.82) is 0 Å². The Morgan fingerprint density at radius 3 is 2.69 bits per heavy atom. The van der Waals surface area contributed by atoms with Crippen LogP contribution in [0.5, 0.6) is 0 Å². The molecule has 1 aromatic heterocycles. The van der Waals surface area contributed by atoms with Gasteiger partial charge in [-0.3, -0.25) is 4.79 Å². The Morgan fingerprint density at radius 1 is 1.50 bits per heavy atom. The summed E-state index contributed by atoms with van der Waals surface area (Å²) in [7, 11) is 0. The van der Waals surface area contributed by atoms with Crippen LogP contribution in [0.25, 0.3) is 0 Å². The van der Waals surface area contributed by atoms with E-state index in [4.69, 9.17) is 5.73 Å². The third kappa shape index (κ3) is 3.37. The van der Waals surface area contributed by atoms with Gasteiger partial charge in [0.05, 0.1) is 11.8 Å². The zero-order chi connectivity index (χ0) is 12.3. The molecule has 16 heavy (non-hydrogen) atoms. The molecule has 1 heterocycles. The Balaban J connectivity index is 2.77. The molecular weight excluding hydrogens is 230 g/mol. The van der Waals surface area contributed by atoms with Crippen molar-refractivity contribution in [3.05, 3.63) is 23.6 Å². The lowest BCUT2D eigenvalue weighted by molar-refractivity contribution is -0.123. The van der Waals surface area contributed by atoms with E-state index in [0.29, 0.717) is 6.07 Å². The van der Waals surface area contributed by atoms with E-state index in [0.717, 1.165) is 6.20 Å². The van der Waals surface area contributed by atoms with E-state index >= 15 is 0 Å². The molecule has 0 radical (unpaired) electrons. The SMILES string of the molecule is Nc1ncc(F)cc1C(=O)NCC(F)(F)F. The molecule has 0 bridgehead atoms. The van der Waals surface area contributed by atoms with Gasteiger partial charge in [0, 0.05) is 0 Å². The van der Waals surface area contributed by atoms with Gasteiger partial charge in [-0.25, -0.2) is 9.37 Å². The van der Waals surface area contributed by atoms with Crippen molar-refractivity contribution in [1.82, 2.24) is 10.3 Å². The van der Waals surface area contributed by atoms with Crippen molar-refractivity contribution in [2.24, 2.45) is 0 Å². The Hall–Kier alpha value is -1.86. The number of hydrogen-bond acceptors (Lipinski definition) is 3. The Labute approximate surface area is 87.5 Å². The molecule has 4 nitrogen and oxygen atoms in total. The maximum atomic E-state index is 12.7. The van der Waals surface area contributed by atoms with Crippen LogP contribution in [-0.4, -0.2) is 23.6 Å². The largest absolute Gasteiger partial charge is 0.405 e. The molecule has 0 aliphatic heterocycles. The van der Waals surface area contributed by atoms with E-state index in [-0.39, 0.29) is 5.82 Å². The fraction of sp³-hybridized carbons (Fsp3) is 0.250. The van der Waals surface area contributed by atoms with Crippen molar-refractivity contribution in [3.8, 4) is 0 Å². The lowest BCUT2D eigenvalue weighted by Gasteiger charge is -2.09. The van der Waals surface area contributed by atoms with Crippen LogP contribution < -0.4 is 11.1 Å². The summed E-state index contributed by atoms with van der Waals surface area (Å²) in [6.45, 7) is -1.51. The van der Waals surface area contributed by atoms with E-state index in [1.54, 1.807) is 5.32 Å². The minimum atomic E-state index is -4.54. The number of pyridine rings is 1. The van der Waals surface area contributed by atoms with E-state index in [1.165, 1.54) is 0 Å². The smallest absolute Gasteiger partial charge is 0.383 e. The van der Waals surface area contributed by atoms with Gasteiger partial charge in [-0.05, 0) is 6.07 Å². The first kappa shape index (κ1) is 12.2. The number of nitrogens with zero attached hydrogens (tertiary/aromatic N) is 1. The fourth-order valence-corrected chi connectivity index (χ4v) is 0.907. The van der Waals surface area contributed by atoms with Crippen LogP contribution in [0.3, 0.4) is 0 Å². The summed E-state index contributed by atoms with van der Waals surface area (Å²) < 4.78 is 48.0. The molecule has 0 saturated carbocycles. The molecule has 88 valence electrons. The number of hydrogen-bond donors (Lipinski definition) is 2. The topological polar surface area (TPSA) is 68.0 Å². The molecule has 0 fully saturated rings. The molecule has 1 aromatic rings. The average Bonchev–Trinajstić information content (AvgIpc) is 2.17. The number of nitrogens with one attached hydrogen (secondary N) is 1. The number of nitrogen functional groups attached to an aromatic ring is 1. The van der Waals surface area contributed by atoms with Gasteiger partial charge in [0.25, 0.3) is 5.91 Å². The summed E-state index contributed by atoms with van der Waals surface area (Å²) >= 11 is 0. The van der Waals surface area contributed by atoms with Crippen LogP contribution in [0, 0.1) is 5.82 Å². The third-order valence-corrected chi connectivity index (χ3v) is 1.58. The molecular formula is C8H7F4N3O. The van der Waals surface area contributed by atoms with Crippen LogP contribution >= 0.6 is 0 Å². The molecule has 1 amide bonds. The first-order valence-electron chi connectivity index (χ1n) is 4.05. The van der Waals surface area contributed by atoms with Gasteiger partial charge in [-0.2, -0.15) is 13.2 Å². The number of amides is 1. The van der Waals surface area contributed by atoms with Gasteiger partial charge in [-0.15, -0.1) is 0 Å². The van der Waals surface area contributed by atoms with Crippen LogP contribution in [0.15, 0.2) is 12.3 Å². The monoisotopic (exact) mass is 237 g/mol. The average molecular weight is 237 g/mol. The molecule has 1 rings (SSSR count). The second kappa shape index (κ2) is 4.33. The predicted molar refractivity (Wildman–Crippen MR) is 47.0 cm³/mol. The summed E-state index contributed by atoms with van der Waals surface area (Å²) in [4.78, 5) is 14.5. The van der Waals surface area contributed by atoms with Crippen molar-refractivity contribution < 1.29 is 22.4 Å². The Kier molecular flexibility index (Phi) is 3.31. The van der Waals surface area contributed by atoms with E-state index in [1.807, 2.05) is 0 Å². The lowest BCUT2D eigenvalue weighted by atomic mass is 10.2. The highest BCUT2D eigenvalue weighted by atomic mass is 19.4. The van der Waals surface area contributed by atoms with E-state index in [9.17, 15) is 22.4 Å². The van der Waals surface area contributed by atoms with Gasteiger partial charge >= 0.3 is 6.18 Å². The predicted octanol–water partition coefficient (Wildman–Crippen LogP) is 1.09. The number of nitrogens with two attached hydrogens (primary N) is 1. The number of anilines is 1. The second-order valence-electron chi connectivity index (χ2n) is 2.88. The van der Waals surface area contributed by atoms with Crippen LogP contribution in [-0.2, 0) is 0 Å². The second-order valence-corrected chi connectivity index (χ2v) is 2.88. The highest BCUT2D eigenvalue weighted by Gasteiger charge is 2.28. The van der Waals surface area contributed by atoms with E-state index < -0.39 is 30.0 Å². The van der Waals surface area contributed by atoms with Gasteiger partial charge in [0.1, 0.15) is 18.2 Å². The summed E-state index contributed by atoms with van der Waals surface area (Å²) in [6, 6.07) is 0.716. The number of aromatic nitrogens is 1. The molecule has 0 saturated heterocycles. The molecule has 0 aliphatic carbocycles. The number of rotatable bonds is 2. The van der Waals surface area contributed by atoms with Crippen LogP contribution in [0.4, 0.5) is 23.4 Å². The maximum absolute atomic E-state index is 12.7. The Morgan fingerprint density at radius 2 is 2.12 bits per heavy atom. The van der Waals surface area contributed by atoms with Crippen molar-refractivity contribution in [3.63, 3.8) is 0 Å². The van der Waals surface area contributed by atoms with Gasteiger partial charge < -0.3 is 11.1 Å². The molecule has 0 aromatic carbocycles. The quantitative estimate of drug-likeness (QED) is 0.756. The summed E-state index contributed by atoms with van der Waals surface area (Å²) in [5.41, 5.74) is 4.78. The number of alkyl halides is 3. The summed E-state index contributed by atoms with van der Waals surface area (Å²) in [5, 5.41) is 1.56. The zero-order valence-corrected chi connectivity index (χ0v) is 7.81. The van der Waals surface area contributed by atoms with Crippen LogP contribution in [0.1, 0.15) is 10.4 Å². The van der Waals surface area contributed by atoms with Crippen LogP contribution in [0.2, 0.25) is 0 Å². The standard InChI is InChI=1S/C8H7F4N3O/c9-4-1-5(6(13)14-2-4)7(16)15-3-8(10,11)12/h1-2H,3H2,(H2,13,14)(H,15,16).